The summed E-state index contributed by atoms with van der Waals surface area (Å²) in [6.07, 6.45) is 17.1. The van der Waals surface area contributed by atoms with Gasteiger partial charge in [0.05, 0.1) is 0 Å². The Morgan fingerprint density at radius 1 is 0.875 bits per heavy atom. The molecule has 0 aliphatic carbocycles. The Labute approximate surface area is 107 Å². The molecule has 0 unspecified atom stereocenters. The molecule has 0 aromatic rings. The zero-order valence-corrected chi connectivity index (χ0v) is 11.6. The van der Waals surface area contributed by atoms with Crippen LogP contribution in [0, 0.1) is 6.08 Å². The summed E-state index contributed by atoms with van der Waals surface area (Å²) in [7, 11) is 0. The van der Waals surface area contributed by atoms with E-state index < -0.39 is 0 Å². The monoisotopic (exact) mass is 243 g/mol. The lowest BCUT2D eigenvalue weighted by Gasteiger charge is -2.01. The third-order valence-electron chi connectivity index (χ3n) is 2.81. The number of unbranched alkanes of at least 4 members (excludes halogenated alkanes) is 10. The Hall–Kier alpha value is -0.110. The third kappa shape index (κ3) is 13.9. The van der Waals surface area contributed by atoms with Crippen LogP contribution in [0.5, 0.6) is 0 Å². The van der Waals surface area contributed by atoms with Crippen molar-refractivity contribution < 1.29 is 5.11 Å². The van der Waals surface area contributed by atoms with E-state index in [1.165, 1.54) is 57.8 Å². The molecule has 1 N–H and O–H groups in total. The van der Waals surface area contributed by atoms with Crippen molar-refractivity contribution in [1.29, 1.82) is 0 Å². The maximum Gasteiger partial charge on any atom is 0.150 e. The molecule has 0 bridgehead atoms. The van der Waals surface area contributed by atoms with Crippen molar-refractivity contribution in [3.63, 3.8) is 0 Å². The predicted molar refractivity (Wildman–Crippen MR) is 74.8 cm³/mol. The summed E-state index contributed by atoms with van der Waals surface area (Å²) >= 11 is 3.76. The Balaban J connectivity index is 2.96. The van der Waals surface area contributed by atoms with Crippen LogP contribution in [0.4, 0.5) is 0 Å². The average molecular weight is 243 g/mol. The first-order chi connectivity index (χ1) is 7.77. The van der Waals surface area contributed by atoms with Crippen molar-refractivity contribution in [2.75, 3.05) is 0 Å². The number of thiol groups is 1. The Morgan fingerprint density at radius 3 is 1.75 bits per heavy atom. The van der Waals surface area contributed by atoms with E-state index in [0.717, 1.165) is 12.8 Å². The van der Waals surface area contributed by atoms with Crippen LogP contribution in [-0.2, 0) is 0 Å². The van der Waals surface area contributed by atoms with Crippen LogP contribution in [0.15, 0.2) is 5.09 Å². The molecule has 0 amide bonds. The first kappa shape index (κ1) is 15.9. The first-order valence-electron chi connectivity index (χ1n) is 6.76. The van der Waals surface area contributed by atoms with Crippen LogP contribution >= 0.6 is 12.6 Å². The summed E-state index contributed by atoms with van der Waals surface area (Å²) in [6, 6.07) is 0. The second-order valence-electron chi connectivity index (χ2n) is 4.43. The number of aliphatic hydroxyl groups excluding tert-OH is 1. The van der Waals surface area contributed by atoms with Crippen molar-refractivity contribution >= 4 is 12.6 Å². The van der Waals surface area contributed by atoms with Gasteiger partial charge in [0.2, 0.25) is 0 Å². The molecule has 0 fully saturated rings. The van der Waals surface area contributed by atoms with Crippen LogP contribution in [0.1, 0.15) is 77.6 Å². The molecule has 0 aliphatic heterocycles. The highest BCUT2D eigenvalue weighted by Gasteiger charge is 1.92. The van der Waals surface area contributed by atoms with Crippen molar-refractivity contribution in [2.24, 2.45) is 0 Å². The minimum atomic E-state index is 0.0379. The Kier molecular flexibility index (Phi) is 12.9. The predicted octanol–water partition coefficient (Wildman–Crippen LogP) is 5.43. The van der Waals surface area contributed by atoms with Crippen LogP contribution < -0.4 is 0 Å². The number of aliphatic hydroxyl groups is 1. The smallest absolute Gasteiger partial charge is 0.150 e. The van der Waals surface area contributed by atoms with Gasteiger partial charge in [-0.05, 0) is 12.8 Å². The first-order valence-corrected chi connectivity index (χ1v) is 7.21. The van der Waals surface area contributed by atoms with Gasteiger partial charge in [-0.15, -0.1) is 12.6 Å². The quantitative estimate of drug-likeness (QED) is 0.282. The number of hydrogen-bond donors (Lipinski definition) is 2. The van der Waals surface area contributed by atoms with E-state index in [1.54, 1.807) is 0 Å². The van der Waals surface area contributed by atoms with E-state index in [1.807, 2.05) is 0 Å². The molecule has 0 saturated carbocycles. The van der Waals surface area contributed by atoms with Gasteiger partial charge in [0.25, 0.3) is 0 Å². The van der Waals surface area contributed by atoms with E-state index in [4.69, 9.17) is 5.11 Å². The SMILES string of the molecule is CCCCCCCCCCCC[C]=C(O)S. The molecule has 0 heterocycles. The molecule has 0 atom stereocenters. The maximum absolute atomic E-state index is 8.77. The lowest BCUT2D eigenvalue weighted by Crippen LogP contribution is -1.81. The summed E-state index contributed by atoms with van der Waals surface area (Å²) in [5, 5.41) is 8.80. The lowest BCUT2D eigenvalue weighted by molar-refractivity contribution is 0.450. The van der Waals surface area contributed by atoms with Gasteiger partial charge in [-0.25, -0.2) is 0 Å². The zero-order chi connectivity index (χ0) is 12.1. The topological polar surface area (TPSA) is 20.2 Å². The van der Waals surface area contributed by atoms with Gasteiger partial charge in [-0.3, -0.25) is 0 Å². The minimum absolute atomic E-state index is 0.0379. The molecule has 0 aromatic carbocycles. The summed E-state index contributed by atoms with van der Waals surface area (Å²) in [4.78, 5) is 0. The molecule has 0 rings (SSSR count). The summed E-state index contributed by atoms with van der Waals surface area (Å²) in [5.41, 5.74) is 0. The van der Waals surface area contributed by atoms with Gasteiger partial charge in [-0.1, -0.05) is 64.7 Å². The number of rotatable bonds is 11. The molecule has 16 heavy (non-hydrogen) atoms. The fraction of sp³-hybridized carbons (Fsp3) is 0.857. The summed E-state index contributed by atoms with van der Waals surface area (Å²) in [6.45, 7) is 2.26. The van der Waals surface area contributed by atoms with Crippen molar-refractivity contribution in [3.8, 4) is 0 Å². The van der Waals surface area contributed by atoms with Crippen LogP contribution in [0.3, 0.4) is 0 Å². The van der Waals surface area contributed by atoms with E-state index in [-0.39, 0.29) is 5.09 Å². The van der Waals surface area contributed by atoms with E-state index >= 15 is 0 Å². The molecule has 0 spiro atoms. The standard InChI is InChI=1S/C14H27OS/c1-2-3-4-5-6-7-8-9-10-11-12-13-14(15)16/h15-16H,2-12H2,1H3. The molecular weight excluding hydrogens is 216 g/mol. The fourth-order valence-electron chi connectivity index (χ4n) is 1.81. The van der Waals surface area contributed by atoms with Gasteiger partial charge >= 0.3 is 0 Å². The van der Waals surface area contributed by atoms with Crippen LogP contribution in [0.2, 0.25) is 0 Å². The van der Waals surface area contributed by atoms with Crippen LogP contribution in [-0.4, -0.2) is 5.11 Å². The highest BCUT2D eigenvalue weighted by molar-refractivity contribution is 7.84. The fourth-order valence-corrected chi connectivity index (χ4v) is 1.92. The molecule has 95 valence electrons. The van der Waals surface area contributed by atoms with E-state index in [0.29, 0.717) is 0 Å². The summed E-state index contributed by atoms with van der Waals surface area (Å²) in [5.74, 6) is 0. The van der Waals surface area contributed by atoms with Crippen molar-refractivity contribution in [3.05, 3.63) is 11.2 Å². The van der Waals surface area contributed by atoms with E-state index in [2.05, 4.69) is 25.6 Å². The van der Waals surface area contributed by atoms with Gasteiger partial charge in [0.15, 0.2) is 0 Å². The van der Waals surface area contributed by atoms with Gasteiger partial charge in [0, 0.05) is 6.08 Å². The number of hydrogen-bond acceptors (Lipinski definition) is 2. The maximum atomic E-state index is 8.77. The van der Waals surface area contributed by atoms with Gasteiger partial charge < -0.3 is 5.11 Å². The molecule has 1 nitrogen and oxygen atoms in total. The van der Waals surface area contributed by atoms with Crippen molar-refractivity contribution in [1.82, 2.24) is 0 Å². The third-order valence-corrected chi connectivity index (χ3v) is 2.97. The lowest BCUT2D eigenvalue weighted by atomic mass is 10.1. The van der Waals surface area contributed by atoms with Crippen LogP contribution in [0.25, 0.3) is 0 Å². The highest BCUT2D eigenvalue weighted by atomic mass is 32.1. The molecule has 0 aromatic heterocycles. The molecule has 0 aliphatic rings. The zero-order valence-electron chi connectivity index (χ0n) is 10.7. The normalized spacial score (nSPS) is 12.0. The molecule has 1 radical (unpaired) electrons. The Bertz CT molecular complexity index is 162. The van der Waals surface area contributed by atoms with Crippen molar-refractivity contribution in [2.45, 2.75) is 77.6 Å². The largest absolute Gasteiger partial charge is 0.502 e. The number of allylic oxidation sites excluding steroid dienone is 1. The second kappa shape index (κ2) is 13.0. The molecular formula is C14H27OS. The van der Waals surface area contributed by atoms with Gasteiger partial charge in [0.1, 0.15) is 5.09 Å². The van der Waals surface area contributed by atoms with Gasteiger partial charge in [-0.2, -0.15) is 0 Å². The second-order valence-corrected chi connectivity index (χ2v) is 4.86. The van der Waals surface area contributed by atoms with E-state index in [9.17, 15) is 0 Å². The summed E-state index contributed by atoms with van der Waals surface area (Å²) < 4.78 is 0. The Morgan fingerprint density at radius 2 is 1.31 bits per heavy atom. The molecule has 0 saturated heterocycles. The average Bonchev–Trinajstić information content (AvgIpc) is 2.25. The molecule has 2 heteroatoms. The minimum Gasteiger partial charge on any atom is -0.502 e. The highest BCUT2D eigenvalue weighted by Crippen LogP contribution is 2.11.